The van der Waals surface area contributed by atoms with Crippen molar-refractivity contribution in [2.45, 2.75) is 6.54 Å². The van der Waals surface area contributed by atoms with Gasteiger partial charge in [0.15, 0.2) is 0 Å². The Kier molecular flexibility index (Phi) is 2.16. The molecule has 0 aliphatic heterocycles. The Hall–Kier alpha value is -1.52. The highest BCUT2D eigenvalue weighted by Crippen LogP contribution is 2.07. The highest BCUT2D eigenvalue weighted by molar-refractivity contribution is 5.73. The maximum absolute atomic E-state index is 5.19. The fraction of sp³-hybridized carbons (Fsp3) is 0.111. The van der Waals surface area contributed by atoms with Crippen molar-refractivity contribution in [1.82, 2.24) is 15.4 Å². The number of benzene rings is 1. The third kappa shape index (κ3) is 1.63. The van der Waals surface area contributed by atoms with Gasteiger partial charge in [0.1, 0.15) is 0 Å². The molecule has 0 unspecified atom stereocenters. The summed E-state index contributed by atoms with van der Waals surface area (Å²) in [5.74, 6) is 5.19. The summed E-state index contributed by atoms with van der Waals surface area (Å²) in [6.07, 6.45) is 1.72. The average Bonchev–Trinajstić information content (AvgIpc) is 2.18. The summed E-state index contributed by atoms with van der Waals surface area (Å²) in [6, 6.07) is 7.75. The van der Waals surface area contributed by atoms with E-state index in [0.29, 0.717) is 6.54 Å². The minimum absolute atomic E-state index is 0.540. The second-order valence-corrected chi connectivity index (χ2v) is 2.73. The number of hydrazine groups is 1. The van der Waals surface area contributed by atoms with Gasteiger partial charge in [-0.1, -0.05) is 12.1 Å². The van der Waals surface area contributed by atoms with Crippen LogP contribution in [0.15, 0.2) is 30.5 Å². The molecule has 13 heavy (non-hydrogen) atoms. The van der Waals surface area contributed by atoms with E-state index >= 15 is 0 Å². The van der Waals surface area contributed by atoms with Crippen LogP contribution in [0.2, 0.25) is 0 Å². The number of nitrogens with zero attached hydrogens (tertiary/aromatic N) is 2. The standard InChI is InChI=1S/C9H10N4/c10-12-6-7-5-11-8-3-1-2-4-9(8)13-7/h1-5,12H,6,10H2. The molecule has 0 atom stereocenters. The SMILES string of the molecule is NNCc1cnc2ccccc2n1. The number of fused-ring (bicyclic) bond motifs is 1. The third-order valence-electron chi connectivity index (χ3n) is 1.78. The van der Waals surface area contributed by atoms with Crippen LogP contribution in [-0.4, -0.2) is 9.97 Å². The highest BCUT2D eigenvalue weighted by atomic mass is 15.2. The third-order valence-corrected chi connectivity index (χ3v) is 1.78. The average molecular weight is 174 g/mol. The Balaban J connectivity index is 2.49. The van der Waals surface area contributed by atoms with Crippen LogP contribution in [0.3, 0.4) is 0 Å². The maximum Gasteiger partial charge on any atom is 0.0890 e. The van der Waals surface area contributed by atoms with Crippen LogP contribution in [-0.2, 0) is 6.54 Å². The summed E-state index contributed by atoms with van der Waals surface area (Å²) in [5.41, 5.74) is 5.20. The first-order valence-electron chi connectivity index (χ1n) is 4.04. The minimum atomic E-state index is 0.540. The molecular weight excluding hydrogens is 164 g/mol. The smallest absolute Gasteiger partial charge is 0.0890 e. The molecule has 0 saturated heterocycles. The number of nitrogens with one attached hydrogen (secondary N) is 1. The molecule has 0 spiro atoms. The second-order valence-electron chi connectivity index (χ2n) is 2.73. The molecule has 1 heterocycles. The lowest BCUT2D eigenvalue weighted by atomic mass is 10.3. The second kappa shape index (κ2) is 3.47. The topological polar surface area (TPSA) is 63.8 Å². The van der Waals surface area contributed by atoms with Gasteiger partial charge in [-0.3, -0.25) is 16.3 Å². The molecule has 0 saturated carbocycles. The normalized spacial score (nSPS) is 10.5. The number of hydrogen-bond donors (Lipinski definition) is 2. The van der Waals surface area contributed by atoms with E-state index in [9.17, 15) is 0 Å². The van der Waals surface area contributed by atoms with Crippen molar-refractivity contribution < 1.29 is 0 Å². The number of hydrogen-bond acceptors (Lipinski definition) is 4. The molecule has 0 aliphatic carbocycles. The predicted molar refractivity (Wildman–Crippen MR) is 50.6 cm³/mol. The number of aromatic nitrogens is 2. The quantitative estimate of drug-likeness (QED) is 0.516. The molecule has 66 valence electrons. The highest BCUT2D eigenvalue weighted by Gasteiger charge is 1.96. The van der Waals surface area contributed by atoms with Crippen LogP contribution >= 0.6 is 0 Å². The molecule has 4 heteroatoms. The van der Waals surface area contributed by atoms with Gasteiger partial charge in [0.2, 0.25) is 0 Å². The Morgan fingerprint density at radius 2 is 2.00 bits per heavy atom. The van der Waals surface area contributed by atoms with Gasteiger partial charge in [0.25, 0.3) is 0 Å². The summed E-state index contributed by atoms with van der Waals surface area (Å²) < 4.78 is 0. The summed E-state index contributed by atoms with van der Waals surface area (Å²) in [4.78, 5) is 8.60. The van der Waals surface area contributed by atoms with Crippen LogP contribution < -0.4 is 11.3 Å². The van der Waals surface area contributed by atoms with Crippen molar-refractivity contribution >= 4 is 11.0 Å². The van der Waals surface area contributed by atoms with Crippen LogP contribution in [0.1, 0.15) is 5.69 Å². The van der Waals surface area contributed by atoms with Crippen molar-refractivity contribution in [2.75, 3.05) is 0 Å². The van der Waals surface area contributed by atoms with Crippen molar-refractivity contribution in [3.63, 3.8) is 0 Å². The molecule has 0 radical (unpaired) electrons. The number of rotatable bonds is 2. The molecule has 0 amide bonds. The molecule has 0 bridgehead atoms. The van der Waals surface area contributed by atoms with E-state index in [-0.39, 0.29) is 0 Å². The molecule has 1 aromatic carbocycles. The van der Waals surface area contributed by atoms with Gasteiger partial charge in [-0.25, -0.2) is 4.98 Å². The Labute approximate surface area is 75.8 Å². The van der Waals surface area contributed by atoms with E-state index in [1.165, 1.54) is 0 Å². The zero-order valence-electron chi connectivity index (χ0n) is 7.07. The van der Waals surface area contributed by atoms with E-state index in [4.69, 9.17) is 5.84 Å². The fourth-order valence-electron chi connectivity index (χ4n) is 1.19. The monoisotopic (exact) mass is 174 g/mol. The largest absolute Gasteiger partial charge is 0.271 e. The molecule has 2 rings (SSSR count). The molecule has 3 N–H and O–H groups in total. The summed E-state index contributed by atoms with van der Waals surface area (Å²) in [6.45, 7) is 0.540. The van der Waals surface area contributed by atoms with Gasteiger partial charge in [0.05, 0.1) is 29.5 Å². The first kappa shape index (κ1) is 8.10. The molecular formula is C9H10N4. The van der Waals surface area contributed by atoms with E-state index < -0.39 is 0 Å². The minimum Gasteiger partial charge on any atom is -0.271 e. The van der Waals surface area contributed by atoms with Gasteiger partial charge < -0.3 is 0 Å². The van der Waals surface area contributed by atoms with Gasteiger partial charge in [-0.15, -0.1) is 0 Å². The van der Waals surface area contributed by atoms with Crippen molar-refractivity contribution in [2.24, 2.45) is 5.84 Å². The van der Waals surface area contributed by atoms with Crippen LogP contribution in [0.25, 0.3) is 11.0 Å². The maximum atomic E-state index is 5.19. The fourth-order valence-corrected chi connectivity index (χ4v) is 1.19. The zero-order chi connectivity index (χ0) is 9.10. The summed E-state index contributed by atoms with van der Waals surface area (Å²) in [7, 11) is 0. The Bertz CT molecular complexity index is 413. The molecule has 0 aliphatic rings. The van der Waals surface area contributed by atoms with E-state index in [1.807, 2.05) is 24.3 Å². The Morgan fingerprint density at radius 1 is 1.23 bits per heavy atom. The molecule has 1 aromatic heterocycles. The summed E-state index contributed by atoms with van der Waals surface area (Å²) in [5, 5.41) is 0. The number of nitrogens with two attached hydrogens (primary N) is 1. The van der Waals surface area contributed by atoms with E-state index in [2.05, 4.69) is 15.4 Å². The summed E-state index contributed by atoms with van der Waals surface area (Å²) >= 11 is 0. The zero-order valence-corrected chi connectivity index (χ0v) is 7.07. The van der Waals surface area contributed by atoms with Crippen LogP contribution in [0.5, 0.6) is 0 Å². The van der Waals surface area contributed by atoms with Gasteiger partial charge in [-0.05, 0) is 12.1 Å². The molecule has 0 fully saturated rings. The van der Waals surface area contributed by atoms with E-state index in [0.717, 1.165) is 16.7 Å². The lowest BCUT2D eigenvalue weighted by Crippen LogP contribution is -2.21. The van der Waals surface area contributed by atoms with Gasteiger partial charge >= 0.3 is 0 Å². The van der Waals surface area contributed by atoms with Gasteiger partial charge in [-0.2, -0.15) is 0 Å². The Morgan fingerprint density at radius 3 is 2.77 bits per heavy atom. The first-order chi connectivity index (χ1) is 6.40. The van der Waals surface area contributed by atoms with Crippen LogP contribution in [0.4, 0.5) is 0 Å². The van der Waals surface area contributed by atoms with Crippen molar-refractivity contribution in [1.29, 1.82) is 0 Å². The van der Waals surface area contributed by atoms with E-state index in [1.54, 1.807) is 6.20 Å². The first-order valence-corrected chi connectivity index (χ1v) is 4.04. The van der Waals surface area contributed by atoms with Crippen molar-refractivity contribution in [3.05, 3.63) is 36.2 Å². The molecule has 4 nitrogen and oxygen atoms in total. The molecule has 2 aromatic rings. The van der Waals surface area contributed by atoms with Gasteiger partial charge in [0, 0.05) is 0 Å². The van der Waals surface area contributed by atoms with Crippen molar-refractivity contribution in [3.8, 4) is 0 Å². The lowest BCUT2D eigenvalue weighted by molar-refractivity contribution is 0.723. The predicted octanol–water partition coefficient (Wildman–Crippen LogP) is 0.593. The lowest BCUT2D eigenvalue weighted by Gasteiger charge is -2.00. The number of para-hydroxylation sites is 2. The van der Waals surface area contributed by atoms with Crippen LogP contribution in [0, 0.1) is 0 Å².